The summed E-state index contributed by atoms with van der Waals surface area (Å²) in [7, 11) is 1.53. The number of methoxy groups -OCH3 is 1. The van der Waals surface area contributed by atoms with Gasteiger partial charge >= 0.3 is 6.03 Å². The lowest BCUT2D eigenvalue weighted by atomic mass is 10.1. The molecule has 0 spiro atoms. The van der Waals surface area contributed by atoms with Crippen molar-refractivity contribution in [2.45, 2.75) is 13.2 Å². The molecule has 1 aliphatic rings. The van der Waals surface area contributed by atoms with Crippen LogP contribution in [0.25, 0.3) is 6.08 Å². The van der Waals surface area contributed by atoms with Crippen molar-refractivity contribution in [3.63, 3.8) is 0 Å². The Morgan fingerprint density at radius 3 is 2.47 bits per heavy atom. The number of halogens is 1. The highest BCUT2D eigenvalue weighted by atomic mass is 19.1. The number of amides is 3. The summed E-state index contributed by atoms with van der Waals surface area (Å²) in [5, 5.41) is 2.54. The van der Waals surface area contributed by atoms with Crippen molar-refractivity contribution in [3.05, 3.63) is 101 Å². The summed E-state index contributed by atoms with van der Waals surface area (Å²) >= 11 is 0. The number of imide groups is 1. The van der Waals surface area contributed by atoms with Crippen LogP contribution in [-0.2, 0) is 17.9 Å². The molecule has 1 N–H and O–H groups in total. The standard InChI is InChI=1S/C25H21FN2O4/c1-31-23-14-18(11-12-22(23)32-16-17-7-3-2-4-8-17)13-21-24(29)28(25(30)27-21)15-19-9-5-6-10-20(19)26/h2-14H,15-16H2,1H3,(H,27,30). The molecule has 0 saturated carbocycles. The van der Waals surface area contributed by atoms with Gasteiger partial charge in [-0.2, -0.15) is 0 Å². The van der Waals surface area contributed by atoms with Crippen LogP contribution in [0, 0.1) is 5.82 Å². The first kappa shape index (κ1) is 21.1. The summed E-state index contributed by atoms with van der Waals surface area (Å²) in [6, 6.07) is 20.4. The molecule has 0 bridgehead atoms. The predicted octanol–water partition coefficient (Wildman–Crippen LogP) is 4.51. The Morgan fingerprint density at radius 2 is 1.72 bits per heavy atom. The number of carbonyl (C=O) groups is 2. The molecular weight excluding hydrogens is 411 g/mol. The van der Waals surface area contributed by atoms with Gasteiger partial charge in [0.15, 0.2) is 11.5 Å². The summed E-state index contributed by atoms with van der Waals surface area (Å²) in [5.41, 5.74) is 2.03. The lowest BCUT2D eigenvalue weighted by molar-refractivity contribution is -0.123. The third-order valence-electron chi connectivity index (χ3n) is 4.98. The number of nitrogens with zero attached hydrogens (tertiary/aromatic N) is 1. The molecular formula is C25H21FN2O4. The Labute approximate surface area is 184 Å². The number of urea groups is 1. The fourth-order valence-corrected chi connectivity index (χ4v) is 3.31. The molecule has 0 atom stereocenters. The number of benzene rings is 3. The van der Waals surface area contributed by atoms with Crippen LogP contribution in [0.3, 0.4) is 0 Å². The quantitative estimate of drug-likeness (QED) is 0.441. The van der Waals surface area contributed by atoms with E-state index < -0.39 is 17.8 Å². The van der Waals surface area contributed by atoms with Gasteiger partial charge in [0.05, 0.1) is 13.7 Å². The van der Waals surface area contributed by atoms with Gasteiger partial charge in [0.2, 0.25) is 0 Å². The Morgan fingerprint density at radius 1 is 0.969 bits per heavy atom. The van der Waals surface area contributed by atoms with Crippen LogP contribution in [-0.4, -0.2) is 23.9 Å². The normalized spacial score (nSPS) is 14.6. The van der Waals surface area contributed by atoms with Crippen molar-refractivity contribution < 1.29 is 23.5 Å². The third-order valence-corrected chi connectivity index (χ3v) is 4.98. The van der Waals surface area contributed by atoms with Gasteiger partial charge in [0.1, 0.15) is 18.1 Å². The van der Waals surface area contributed by atoms with E-state index in [0.717, 1.165) is 10.5 Å². The van der Waals surface area contributed by atoms with Crippen molar-refractivity contribution in [3.8, 4) is 11.5 Å². The molecule has 1 heterocycles. The zero-order valence-electron chi connectivity index (χ0n) is 17.4. The van der Waals surface area contributed by atoms with Gasteiger partial charge in [-0.3, -0.25) is 9.69 Å². The zero-order chi connectivity index (χ0) is 22.5. The first-order chi connectivity index (χ1) is 15.5. The van der Waals surface area contributed by atoms with Gasteiger partial charge in [-0.05, 0) is 35.4 Å². The van der Waals surface area contributed by atoms with E-state index in [0.29, 0.717) is 23.7 Å². The zero-order valence-corrected chi connectivity index (χ0v) is 17.4. The van der Waals surface area contributed by atoms with Crippen molar-refractivity contribution in [2.75, 3.05) is 7.11 Å². The Bertz CT molecular complexity index is 1180. The van der Waals surface area contributed by atoms with Crippen LogP contribution in [0.5, 0.6) is 11.5 Å². The second-order valence-electron chi connectivity index (χ2n) is 7.16. The van der Waals surface area contributed by atoms with Gasteiger partial charge in [0.25, 0.3) is 5.91 Å². The average molecular weight is 432 g/mol. The Balaban J connectivity index is 1.50. The minimum absolute atomic E-state index is 0.103. The van der Waals surface area contributed by atoms with E-state index in [4.69, 9.17) is 9.47 Å². The van der Waals surface area contributed by atoms with E-state index in [1.807, 2.05) is 30.3 Å². The first-order valence-corrected chi connectivity index (χ1v) is 9.98. The van der Waals surface area contributed by atoms with E-state index in [9.17, 15) is 14.0 Å². The number of ether oxygens (including phenoxy) is 2. The Hall–Kier alpha value is -4.13. The summed E-state index contributed by atoms with van der Waals surface area (Å²) in [5.74, 6) is 0.0553. The molecule has 0 radical (unpaired) electrons. The van der Waals surface area contributed by atoms with E-state index in [-0.39, 0.29) is 17.8 Å². The maximum atomic E-state index is 13.9. The highest BCUT2D eigenvalue weighted by Crippen LogP contribution is 2.30. The average Bonchev–Trinajstić information content (AvgIpc) is 3.07. The van der Waals surface area contributed by atoms with E-state index in [1.54, 1.807) is 36.4 Å². The number of nitrogens with one attached hydrogen (secondary N) is 1. The molecule has 1 saturated heterocycles. The number of carbonyl (C=O) groups excluding carboxylic acids is 2. The Kier molecular flexibility index (Phi) is 6.17. The minimum Gasteiger partial charge on any atom is -0.493 e. The molecule has 7 heteroatoms. The molecule has 162 valence electrons. The predicted molar refractivity (Wildman–Crippen MR) is 117 cm³/mol. The maximum absolute atomic E-state index is 13.9. The topological polar surface area (TPSA) is 67.9 Å². The fraction of sp³-hybridized carbons (Fsp3) is 0.120. The van der Waals surface area contributed by atoms with Gasteiger partial charge in [-0.1, -0.05) is 54.6 Å². The molecule has 1 aliphatic heterocycles. The largest absolute Gasteiger partial charge is 0.493 e. The monoisotopic (exact) mass is 432 g/mol. The minimum atomic E-state index is -0.598. The van der Waals surface area contributed by atoms with Crippen molar-refractivity contribution in [1.82, 2.24) is 10.2 Å². The summed E-state index contributed by atoms with van der Waals surface area (Å²) < 4.78 is 25.2. The first-order valence-electron chi connectivity index (χ1n) is 9.98. The second-order valence-corrected chi connectivity index (χ2v) is 7.16. The van der Waals surface area contributed by atoms with E-state index in [2.05, 4.69) is 5.32 Å². The highest BCUT2D eigenvalue weighted by Gasteiger charge is 2.34. The maximum Gasteiger partial charge on any atom is 0.329 e. The molecule has 32 heavy (non-hydrogen) atoms. The molecule has 4 rings (SSSR count). The van der Waals surface area contributed by atoms with E-state index in [1.165, 1.54) is 19.2 Å². The van der Waals surface area contributed by atoms with Gasteiger partial charge < -0.3 is 14.8 Å². The van der Waals surface area contributed by atoms with Crippen LogP contribution < -0.4 is 14.8 Å². The smallest absolute Gasteiger partial charge is 0.329 e. The van der Waals surface area contributed by atoms with Crippen LogP contribution in [0.1, 0.15) is 16.7 Å². The van der Waals surface area contributed by atoms with Crippen molar-refractivity contribution >= 4 is 18.0 Å². The molecule has 0 unspecified atom stereocenters. The van der Waals surface area contributed by atoms with Crippen LogP contribution in [0.4, 0.5) is 9.18 Å². The van der Waals surface area contributed by atoms with Crippen molar-refractivity contribution in [2.24, 2.45) is 0 Å². The highest BCUT2D eigenvalue weighted by molar-refractivity contribution is 6.13. The van der Waals surface area contributed by atoms with Gasteiger partial charge in [-0.15, -0.1) is 0 Å². The lowest BCUT2D eigenvalue weighted by Gasteiger charge is -2.12. The number of hydrogen-bond donors (Lipinski definition) is 1. The van der Waals surface area contributed by atoms with Crippen molar-refractivity contribution in [1.29, 1.82) is 0 Å². The van der Waals surface area contributed by atoms with Crippen LogP contribution >= 0.6 is 0 Å². The molecule has 3 aromatic rings. The van der Waals surface area contributed by atoms with Gasteiger partial charge in [0, 0.05) is 5.56 Å². The number of rotatable bonds is 7. The van der Waals surface area contributed by atoms with E-state index >= 15 is 0 Å². The third kappa shape index (κ3) is 4.62. The van der Waals surface area contributed by atoms with Crippen LogP contribution in [0.2, 0.25) is 0 Å². The fourth-order valence-electron chi connectivity index (χ4n) is 3.31. The molecule has 1 fully saturated rings. The molecule has 3 aromatic carbocycles. The molecule has 0 aromatic heterocycles. The van der Waals surface area contributed by atoms with Gasteiger partial charge in [-0.25, -0.2) is 9.18 Å². The molecule has 6 nitrogen and oxygen atoms in total. The molecule has 0 aliphatic carbocycles. The molecule has 3 amide bonds. The summed E-state index contributed by atoms with van der Waals surface area (Å²) in [6.45, 7) is 0.238. The second kappa shape index (κ2) is 9.34. The SMILES string of the molecule is COc1cc(C=C2NC(=O)N(Cc3ccccc3F)C2=O)ccc1OCc1ccccc1. The van der Waals surface area contributed by atoms with Crippen LogP contribution in [0.15, 0.2) is 78.5 Å². The number of hydrogen-bond acceptors (Lipinski definition) is 4. The summed E-state index contributed by atoms with van der Waals surface area (Å²) in [4.78, 5) is 26.0. The lowest BCUT2D eigenvalue weighted by Crippen LogP contribution is -2.30. The summed E-state index contributed by atoms with van der Waals surface area (Å²) in [6.07, 6.45) is 1.55.